The molecule has 5 nitrogen and oxygen atoms in total. The van der Waals surface area contributed by atoms with E-state index >= 15 is 0 Å². The van der Waals surface area contributed by atoms with Gasteiger partial charge in [0.25, 0.3) is 0 Å². The van der Waals surface area contributed by atoms with Crippen molar-refractivity contribution < 1.29 is 23.6 Å². The van der Waals surface area contributed by atoms with Crippen molar-refractivity contribution in [3.05, 3.63) is 0 Å². The molecule has 0 radical (unpaired) electrons. The van der Waals surface area contributed by atoms with Crippen molar-refractivity contribution in [2.75, 3.05) is 6.66 Å². The summed E-state index contributed by atoms with van der Waals surface area (Å²) in [4.78, 5) is 47.4. The fraction of sp³-hybridized carbons (Fsp3) is 0.750. The summed E-state index contributed by atoms with van der Waals surface area (Å²) >= 11 is 0. The molecule has 3 unspecified atom stereocenters. The van der Waals surface area contributed by atoms with Gasteiger partial charge in [0.2, 0.25) is 5.91 Å². The lowest BCUT2D eigenvalue weighted by atomic mass is 9.65. The number of nitrogens with one attached hydrogen (secondary N) is 1. The largest absolute Gasteiger partial charge is 0.346 e. The lowest BCUT2D eigenvalue weighted by molar-refractivity contribution is -0.146. The van der Waals surface area contributed by atoms with E-state index < -0.39 is 40.3 Å². The SMILES string of the molecule is CPC(=O)C(F)CC(NC(=O)C(C)(C)C(C)(C)C(C)=O)C(C)=O. The fourth-order valence-corrected chi connectivity index (χ4v) is 2.29. The Morgan fingerprint density at radius 2 is 1.52 bits per heavy atom. The molecule has 0 rings (SSSR count). The van der Waals surface area contributed by atoms with E-state index in [0.717, 1.165) is 0 Å². The molecular weight excluding hydrogens is 320 g/mol. The molecule has 132 valence electrons. The van der Waals surface area contributed by atoms with Gasteiger partial charge in [-0.2, -0.15) is 0 Å². The summed E-state index contributed by atoms with van der Waals surface area (Å²) in [5.41, 5.74) is -2.61. The van der Waals surface area contributed by atoms with Gasteiger partial charge >= 0.3 is 0 Å². The first kappa shape index (κ1) is 21.8. The van der Waals surface area contributed by atoms with E-state index in [9.17, 15) is 23.6 Å². The highest BCUT2D eigenvalue weighted by Gasteiger charge is 2.47. The minimum atomic E-state index is -1.78. The zero-order valence-corrected chi connectivity index (χ0v) is 15.9. The molecule has 0 bridgehead atoms. The summed E-state index contributed by atoms with van der Waals surface area (Å²) in [5.74, 6) is -1.11. The topological polar surface area (TPSA) is 80.3 Å². The van der Waals surface area contributed by atoms with Crippen LogP contribution in [0.25, 0.3) is 0 Å². The number of Topliss-reactive ketones (excluding diaryl/α,β-unsaturated/α-hetero) is 2. The Hall–Kier alpha value is -1.16. The standard InChI is InChI=1S/C16H27FNO4P/c1-9(19)12(8-11(17)13(21)23-7)18-14(22)16(5,6)15(3,4)10(2)20/h11-12,23H,8H2,1-7H3,(H,18,22). The first-order valence-electron chi connectivity index (χ1n) is 7.47. The molecule has 0 aromatic heterocycles. The van der Waals surface area contributed by atoms with Gasteiger partial charge < -0.3 is 5.32 Å². The van der Waals surface area contributed by atoms with Crippen LogP contribution in [0.1, 0.15) is 48.0 Å². The van der Waals surface area contributed by atoms with Gasteiger partial charge in [0.1, 0.15) is 5.78 Å². The van der Waals surface area contributed by atoms with Crippen LogP contribution in [-0.2, 0) is 19.2 Å². The summed E-state index contributed by atoms with van der Waals surface area (Å²) in [6.45, 7) is 10.7. The molecule has 0 saturated heterocycles. The van der Waals surface area contributed by atoms with Crippen LogP contribution in [0.2, 0.25) is 0 Å². The van der Waals surface area contributed by atoms with Crippen molar-refractivity contribution in [1.29, 1.82) is 0 Å². The molecule has 23 heavy (non-hydrogen) atoms. The molecule has 0 heterocycles. The van der Waals surface area contributed by atoms with Crippen molar-refractivity contribution in [1.82, 2.24) is 5.32 Å². The van der Waals surface area contributed by atoms with Gasteiger partial charge in [0.15, 0.2) is 17.5 Å². The molecule has 7 heteroatoms. The predicted molar refractivity (Wildman–Crippen MR) is 89.6 cm³/mol. The van der Waals surface area contributed by atoms with Crippen LogP contribution in [0.5, 0.6) is 0 Å². The molecule has 0 aromatic rings. The van der Waals surface area contributed by atoms with Crippen molar-refractivity contribution in [2.24, 2.45) is 10.8 Å². The van der Waals surface area contributed by atoms with Crippen LogP contribution in [-0.4, -0.2) is 41.9 Å². The van der Waals surface area contributed by atoms with Gasteiger partial charge in [-0.15, -0.1) is 0 Å². The Kier molecular flexibility index (Phi) is 7.68. The van der Waals surface area contributed by atoms with Crippen molar-refractivity contribution >= 4 is 31.6 Å². The Labute approximate surface area is 138 Å². The molecule has 0 aliphatic heterocycles. The quantitative estimate of drug-likeness (QED) is 0.649. The lowest BCUT2D eigenvalue weighted by Crippen LogP contribution is -2.53. The predicted octanol–water partition coefficient (Wildman–Crippen LogP) is 2.26. The second-order valence-electron chi connectivity index (χ2n) is 6.76. The summed E-state index contributed by atoms with van der Waals surface area (Å²) in [6, 6.07) is -1.08. The van der Waals surface area contributed by atoms with Crippen molar-refractivity contribution in [3.8, 4) is 0 Å². The number of carbonyl (C=O) groups is 4. The summed E-state index contributed by atoms with van der Waals surface area (Å²) in [7, 11) is -0.205. The van der Waals surface area contributed by atoms with Crippen molar-refractivity contribution in [3.63, 3.8) is 0 Å². The number of hydrogen-bond donors (Lipinski definition) is 1. The minimum Gasteiger partial charge on any atom is -0.346 e. The van der Waals surface area contributed by atoms with Gasteiger partial charge in [-0.05, 0) is 20.5 Å². The van der Waals surface area contributed by atoms with Gasteiger partial charge in [0, 0.05) is 11.8 Å². The number of hydrogen-bond acceptors (Lipinski definition) is 4. The average molecular weight is 347 g/mol. The van der Waals surface area contributed by atoms with E-state index in [-0.39, 0.29) is 20.8 Å². The Morgan fingerprint density at radius 3 is 1.87 bits per heavy atom. The highest BCUT2D eigenvalue weighted by molar-refractivity contribution is 7.57. The van der Waals surface area contributed by atoms with Crippen LogP contribution < -0.4 is 5.32 Å². The Balaban J connectivity index is 5.24. The third-order valence-electron chi connectivity index (χ3n) is 4.78. The molecule has 3 atom stereocenters. The van der Waals surface area contributed by atoms with Gasteiger partial charge in [0.05, 0.1) is 11.5 Å². The van der Waals surface area contributed by atoms with Gasteiger partial charge in [-0.1, -0.05) is 36.3 Å². The number of ketones is 2. The van der Waals surface area contributed by atoms with Crippen molar-refractivity contribution in [2.45, 2.75) is 60.2 Å². The van der Waals surface area contributed by atoms with E-state index in [2.05, 4.69) is 5.32 Å². The fourth-order valence-electron chi connectivity index (χ4n) is 1.86. The summed E-state index contributed by atoms with van der Waals surface area (Å²) in [6.07, 6.45) is -2.16. The zero-order chi connectivity index (χ0) is 18.6. The summed E-state index contributed by atoms with van der Waals surface area (Å²) < 4.78 is 13.8. The van der Waals surface area contributed by atoms with E-state index in [1.807, 2.05) is 0 Å². The Bertz CT molecular complexity index is 502. The van der Waals surface area contributed by atoms with Gasteiger partial charge in [-0.25, -0.2) is 4.39 Å². The minimum absolute atomic E-state index is 0.164. The van der Waals surface area contributed by atoms with Gasteiger partial charge in [-0.3, -0.25) is 19.2 Å². The first-order valence-corrected chi connectivity index (χ1v) is 8.97. The number of halogens is 1. The van der Waals surface area contributed by atoms with Crippen LogP contribution in [0.3, 0.4) is 0 Å². The van der Waals surface area contributed by atoms with Crippen LogP contribution in [0, 0.1) is 10.8 Å². The molecule has 0 spiro atoms. The number of carbonyl (C=O) groups excluding carboxylic acids is 4. The number of rotatable bonds is 9. The molecule has 0 fully saturated rings. The van der Waals surface area contributed by atoms with E-state index in [1.165, 1.54) is 13.8 Å². The van der Waals surface area contributed by atoms with E-state index in [4.69, 9.17) is 0 Å². The van der Waals surface area contributed by atoms with E-state index in [0.29, 0.717) is 0 Å². The highest BCUT2D eigenvalue weighted by atomic mass is 31.1. The smallest absolute Gasteiger partial charge is 0.227 e. The second-order valence-corrected chi connectivity index (χ2v) is 7.75. The molecule has 0 saturated carbocycles. The molecule has 1 N–H and O–H groups in total. The molecule has 0 aliphatic carbocycles. The third-order valence-corrected chi connectivity index (χ3v) is 5.59. The molecule has 0 aliphatic rings. The van der Waals surface area contributed by atoms with Crippen LogP contribution in [0.15, 0.2) is 0 Å². The van der Waals surface area contributed by atoms with E-state index in [1.54, 1.807) is 34.4 Å². The average Bonchev–Trinajstić information content (AvgIpc) is 2.44. The van der Waals surface area contributed by atoms with Crippen LogP contribution >= 0.6 is 8.58 Å². The number of amides is 1. The maximum Gasteiger partial charge on any atom is 0.227 e. The normalized spacial score (nSPS) is 15.3. The maximum absolute atomic E-state index is 13.8. The monoisotopic (exact) mass is 347 g/mol. The molecule has 1 amide bonds. The lowest BCUT2D eigenvalue weighted by Gasteiger charge is -2.39. The zero-order valence-electron chi connectivity index (χ0n) is 14.9. The third kappa shape index (κ3) is 5.17. The highest BCUT2D eigenvalue weighted by Crippen LogP contribution is 2.39. The molecule has 0 aromatic carbocycles. The first-order chi connectivity index (χ1) is 10.3. The maximum atomic E-state index is 13.8. The molecular formula is C16H27FNO4P. The summed E-state index contributed by atoms with van der Waals surface area (Å²) in [5, 5.41) is 2.50. The van der Waals surface area contributed by atoms with Crippen LogP contribution in [0.4, 0.5) is 4.39 Å². The Morgan fingerprint density at radius 1 is 1.04 bits per heavy atom. The second kappa shape index (κ2) is 8.09. The number of alkyl halides is 1.